The monoisotopic (exact) mass is 525 g/mol. The molecule has 0 radical (unpaired) electrons. The van der Waals surface area contributed by atoms with Crippen molar-refractivity contribution in [2.45, 2.75) is 18.6 Å². The Morgan fingerprint density at radius 3 is 2.77 bits per heavy atom. The Bertz CT molecular complexity index is 1400. The van der Waals surface area contributed by atoms with Gasteiger partial charge in [-0.2, -0.15) is 0 Å². The van der Waals surface area contributed by atoms with Crippen molar-refractivity contribution in [3.8, 4) is 22.5 Å². The highest BCUT2D eigenvalue weighted by molar-refractivity contribution is 7.99. The second kappa shape index (κ2) is 10.9. The summed E-state index contributed by atoms with van der Waals surface area (Å²) in [6.45, 7) is 6.39. The maximum absolute atomic E-state index is 12.6. The first-order chi connectivity index (χ1) is 16.9. The first-order valence-corrected chi connectivity index (χ1v) is 12.7. The highest BCUT2D eigenvalue weighted by Crippen LogP contribution is 2.39. The normalized spacial score (nSPS) is 10.8. The van der Waals surface area contributed by atoms with Crippen LogP contribution < -0.4 is 5.32 Å². The number of aryl methyl sites for hydroxylation is 1. The lowest BCUT2D eigenvalue weighted by atomic mass is 10.0. The number of halogens is 1. The number of benzene rings is 2. The number of carbonyl (C=O) groups excluding carboxylic acids is 1. The molecule has 0 spiro atoms. The van der Waals surface area contributed by atoms with Gasteiger partial charge in [0.15, 0.2) is 11.0 Å². The SMILES string of the molecule is C=CCn1c(SCC(=O)Nc2cc([N+](=O)[O-])ccc2Cl)nnc1-c1csc(C)c1-c1ccccc1. The van der Waals surface area contributed by atoms with E-state index in [1.54, 1.807) is 17.4 Å². The number of nitro benzene ring substituents is 1. The van der Waals surface area contributed by atoms with Gasteiger partial charge in [-0.3, -0.25) is 19.5 Å². The molecule has 0 aliphatic carbocycles. The fourth-order valence-electron chi connectivity index (χ4n) is 3.51. The molecular weight excluding hydrogens is 506 g/mol. The van der Waals surface area contributed by atoms with Crippen LogP contribution in [0.25, 0.3) is 22.5 Å². The van der Waals surface area contributed by atoms with E-state index in [0.717, 1.165) is 16.7 Å². The molecule has 0 unspecified atom stereocenters. The molecule has 4 aromatic rings. The Kier molecular flexibility index (Phi) is 7.64. The van der Waals surface area contributed by atoms with Gasteiger partial charge in [0.25, 0.3) is 5.69 Å². The first-order valence-electron chi connectivity index (χ1n) is 10.4. The van der Waals surface area contributed by atoms with E-state index in [1.165, 1.54) is 34.8 Å². The molecule has 0 saturated heterocycles. The third-order valence-electron chi connectivity index (χ3n) is 5.07. The highest BCUT2D eigenvalue weighted by atomic mass is 35.5. The van der Waals surface area contributed by atoms with Gasteiger partial charge in [-0.05, 0) is 18.6 Å². The lowest BCUT2D eigenvalue weighted by Gasteiger charge is -2.10. The van der Waals surface area contributed by atoms with E-state index in [9.17, 15) is 14.9 Å². The van der Waals surface area contributed by atoms with Crippen molar-refractivity contribution in [2.75, 3.05) is 11.1 Å². The Morgan fingerprint density at radius 1 is 1.29 bits per heavy atom. The maximum Gasteiger partial charge on any atom is 0.271 e. The van der Waals surface area contributed by atoms with Crippen molar-refractivity contribution >= 4 is 52.0 Å². The third-order valence-corrected chi connectivity index (χ3v) is 7.28. The summed E-state index contributed by atoms with van der Waals surface area (Å²) in [5, 5.41) is 25.2. The fourth-order valence-corrected chi connectivity index (χ4v) is 5.29. The molecule has 11 heteroatoms. The second-order valence-corrected chi connectivity index (χ2v) is 9.84. The highest BCUT2D eigenvalue weighted by Gasteiger charge is 2.21. The second-order valence-electron chi connectivity index (χ2n) is 7.41. The molecule has 2 aromatic carbocycles. The number of non-ortho nitro benzene ring substituents is 1. The van der Waals surface area contributed by atoms with Crippen LogP contribution in [-0.2, 0) is 11.3 Å². The molecule has 0 fully saturated rings. The summed E-state index contributed by atoms with van der Waals surface area (Å²) in [5.41, 5.74) is 3.18. The average molecular weight is 526 g/mol. The lowest BCUT2D eigenvalue weighted by Crippen LogP contribution is -2.15. The zero-order valence-electron chi connectivity index (χ0n) is 18.6. The number of carbonyl (C=O) groups is 1. The quantitative estimate of drug-likeness (QED) is 0.116. The summed E-state index contributed by atoms with van der Waals surface area (Å²) in [4.78, 5) is 24.2. The van der Waals surface area contributed by atoms with Crippen LogP contribution in [0, 0.1) is 17.0 Å². The number of rotatable bonds is 9. The van der Waals surface area contributed by atoms with Gasteiger partial charge in [0.1, 0.15) is 0 Å². The van der Waals surface area contributed by atoms with E-state index in [2.05, 4.69) is 46.5 Å². The van der Waals surface area contributed by atoms with Crippen molar-refractivity contribution < 1.29 is 9.72 Å². The number of thiophene rings is 1. The number of nitro groups is 1. The van der Waals surface area contributed by atoms with Crippen LogP contribution in [0.1, 0.15) is 4.88 Å². The molecule has 4 rings (SSSR count). The van der Waals surface area contributed by atoms with E-state index in [4.69, 9.17) is 11.6 Å². The number of hydrogen-bond acceptors (Lipinski definition) is 7. The molecule has 2 aromatic heterocycles. The molecule has 35 heavy (non-hydrogen) atoms. The summed E-state index contributed by atoms with van der Waals surface area (Å²) in [7, 11) is 0. The molecular formula is C24H20ClN5O3S2. The van der Waals surface area contributed by atoms with Crippen molar-refractivity contribution in [1.82, 2.24) is 14.8 Å². The number of amides is 1. The molecule has 8 nitrogen and oxygen atoms in total. The standard InChI is InChI=1S/C24H20ClN5O3S2/c1-3-11-29-23(18-13-34-15(2)22(18)16-7-5-4-6-8-16)27-28-24(29)35-14-21(31)26-20-12-17(30(32)33)9-10-19(20)25/h3-10,12-13H,1,11,14H2,2H3,(H,26,31). The third kappa shape index (κ3) is 5.45. The van der Waals surface area contributed by atoms with Crippen molar-refractivity contribution in [1.29, 1.82) is 0 Å². The van der Waals surface area contributed by atoms with Crippen LogP contribution in [0.3, 0.4) is 0 Å². The van der Waals surface area contributed by atoms with Gasteiger partial charge < -0.3 is 5.32 Å². The Balaban J connectivity index is 1.56. The van der Waals surface area contributed by atoms with E-state index < -0.39 is 4.92 Å². The molecule has 1 N–H and O–H groups in total. The first kappa shape index (κ1) is 24.6. The van der Waals surface area contributed by atoms with E-state index in [-0.39, 0.29) is 28.1 Å². The van der Waals surface area contributed by atoms with E-state index in [1.807, 2.05) is 22.8 Å². The van der Waals surface area contributed by atoms with E-state index in [0.29, 0.717) is 17.5 Å². The van der Waals surface area contributed by atoms with Crippen LogP contribution in [0.2, 0.25) is 5.02 Å². The van der Waals surface area contributed by atoms with Crippen LogP contribution >= 0.6 is 34.7 Å². The molecule has 0 aliphatic rings. The minimum atomic E-state index is -0.546. The summed E-state index contributed by atoms with van der Waals surface area (Å²) in [6, 6.07) is 14.0. The van der Waals surface area contributed by atoms with Gasteiger partial charge in [-0.15, -0.1) is 28.1 Å². The Labute approximate surface area is 214 Å². The number of anilines is 1. The zero-order valence-corrected chi connectivity index (χ0v) is 21.0. The number of aromatic nitrogens is 3. The van der Waals surface area contributed by atoms with Gasteiger partial charge >= 0.3 is 0 Å². The van der Waals surface area contributed by atoms with Gasteiger partial charge in [-0.25, -0.2) is 0 Å². The largest absolute Gasteiger partial charge is 0.324 e. The summed E-state index contributed by atoms with van der Waals surface area (Å²) >= 11 is 8.94. The van der Waals surface area contributed by atoms with Crippen molar-refractivity contribution in [2.24, 2.45) is 0 Å². The van der Waals surface area contributed by atoms with Crippen LogP contribution in [0.4, 0.5) is 11.4 Å². The molecule has 0 aliphatic heterocycles. The van der Waals surface area contributed by atoms with Crippen LogP contribution in [-0.4, -0.2) is 31.3 Å². The van der Waals surface area contributed by atoms with Gasteiger partial charge in [0, 0.05) is 40.1 Å². The number of allylic oxidation sites excluding steroid dienone is 1. The predicted octanol–water partition coefficient (Wildman–Crippen LogP) is 6.46. The Hall–Kier alpha value is -3.47. The number of nitrogens with one attached hydrogen (secondary N) is 1. The Morgan fingerprint density at radius 2 is 2.06 bits per heavy atom. The van der Waals surface area contributed by atoms with Crippen LogP contribution in [0.5, 0.6) is 0 Å². The predicted molar refractivity (Wildman–Crippen MR) is 141 cm³/mol. The summed E-state index contributed by atoms with van der Waals surface area (Å²) in [6.07, 6.45) is 1.75. The zero-order chi connectivity index (χ0) is 24.9. The number of nitrogens with zero attached hydrogens (tertiary/aromatic N) is 4. The maximum atomic E-state index is 12.6. The molecule has 0 bridgehead atoms. The summed E-state index contributed by atoms with van der Waals surface area (Å²) in [5.74, 6) is 0.337. The van der Waals surface area contributed by atoms with E-state index >= 15 is 0 Å². The number of hydrogen-bond donors (Lipinski definition) is 1. The molecule has 178 valence electrons. The van der Waals surface area contributed by atoms with Gasteiger partial charge in [0.05, 0.1) is 21.4 Å². The molecule has 2 heterocycles. The van der Waals surface area contributed by atoms with Crippen molar-refractivity contribution in [3.63, 3.8) is 0 Å². The molecule has 1 amide bonds. The van der Waals surface area contributed by atoms with Gasteiger partial charge in [-0.1, -0.05) is 59.8 Å². The average Bonchev–Trinajstić information content (AvgIpc) is 3.42. The molecule has 0 saturated carbocycles. The van der Waals surface area contributed by atoms with Gasteiger partial charge in [0.2, 0.25) is 5.91 Å². The minimum Gasteiger partial charge on any atom is -0.324 e. The van der Waals surface area contributed by atoms with Crippen LogP contribution in [0.15, 0.2) is 71.7 Å². The minimum absolute atomic E-state index is 0.0164. The van der Waals surface area contributed by atoms with Crippen molar-refractivity contribution in [3.05, 3.63) is 86.6 Å². The summed E-state index contributed by atoms with van der Waals surface area (Å²) < 4.78 is 1.92. The molecule has 0 atom stereocenters. The number of thioether (sulfide) groups is 1. The topological polar surface area (TPSA) is 103 Å². The smallest absolute Gasteiger partial charge is 0.271 e. The lowest BCUT2D eigenvalue weighted by molar-refractivity contribution is -0.384. The fraction of sp³-hybridized carbons (Fsp3) is 0.125.